The lowest BCUT2D eigenvalue weighted by Crippen LogP contribution is -2.18. The van der Waals surface area contributed by atoms with E-state index >= 15 is 0 Å². The van der Waals surface area contributed by atoms with Crippen molar-refractivity contribution in [3.8, 4) is 5.75 Å². The summed E-state index contributed by atoms with van der Waals surface area (Å²) in [5.41, 5.74) is 5.28. The van der Waals surface area contributed by atoms with Gasteiger partial charge in [-0.15, -0.1) is 13.2 Å². The Morgan fingerprint density at radius 3 is 2.47 bits per heavy atom. The molecule has 1 aromatic rings. The van der Waals surface area contributed by atoms with Crippen LogP contribution in [0.15, 0.2) is 12.1 Å². The summed E-state index contributed by atoms with van der Waals surface area (Å²) in [6.45, 7) is -0.407. The van der Waals surface area contributed by atoms with E-state index in [0.29, 0.717) is 0 Å². The van der Waals surface area contributed by atoms with E-state index in [1.165, 1.54) is 0 Å². The molecule has 0 spiro atoms. The predicted molar refractivity (Wildman–Crippen MR) is 48.5 cm³/mol. The molecule has 0 aliphatic rings. The highest BCUT2D eigenvalue weighted by Crippen LogP contribution is 2.33. The van der Waals surface area contributed by atoms with Crippen molar-refractivity contribution in [3.05, 3.63) is 22.7 Å². The molecular formula is C8H7ClF3NO2. The molecule has 0 aliphatic heterocycles. The van der Waals surface area contributed by atoms with Crippen molar-refractivity contribution >= 4 is 17.3 Å². The molecule has 0 bridgehead atoms. The summed E-state index contributed by atoms with van der Waals surface area (Å²) < 4.78 is 39.2. The Balaban J connectivity index is 3.05. The van der Waals surface area contributed by atoms with Crippen LogP contribution < -0.4 is 10.5 Å². The van der Waals surface area contributed by atoms with Gasteiger partial charge in [0, 0.05) is 11.1 Å². The van der Waals surface area contributed by atoms with E-state index in [1.807, 2.05) is 0 Å². The number of nitrogens with two attached hydrogens (primary N) is 1. The summed E-state index contributed by atoms with van der Waals surface area (Å²) in [6.07, 6.45) is -4.82. The fourth-order valence-corrected chi connectivity index (χ4v) is 1.17. The van der Waals surface area contributed by atoms with E-state index in [2.05, 4.69) is 4.74 Å². The van der Waals surface area contributed by atoms with Crippen LogP contribution in [0.25, 0.3) is 0 Å². The SMILES string of the molecule is Nc1cc(CO)c(Cl)cc1OC(F)(F)F. The topological polar surface area (TPSA) is 55.5 Å². The molecule has 0 unspecified atom stereocenters. The first kappa shape index (κ1) is 11.9. The Labute approximate surface area is 88.2 Å². The number of hydrogen-bond donors (Lipinski definition) is 2. The monoisotopic (exact) mass is 241 g/mol. The molecule has 7 heteroatoms. The third-order valence-corrected chi connectivity index (χ3v) is 1.93. The van der Waals surface area contributed by atoms with Crippen molar-refractivity contribution in [2.75, 3.05) is 5.73 Å². The summed E-state index contributed by atoms with van der Waals surface area (Å²) in [6, 6.07) is 2.04. The quantitative estimate of drug-likeness (QED) is 0.782. The Morgan fingerprint density at radius 1 is 1.40 bits per heavy atom. The number of ether oxygens (including phenoxy) is 1. The second-order valence-corrected chi connectivity index (χ2v) is 3.09. The molecule has 0 amide bonds. The van der Waals surface area contributed by atoms with Gasteiger partial charge in [-0.1, -0.05) is 11.6 Å². The van der Waals surface area contributed by atoms with E-state index in [1.54, 1.807) is 0 Å². The maximum Gasteiger partial charge on any atom is 0.573 e. The third-order valence-electron chi connectivity index (χ3n) is 1.57. The zero-order valence-electron chi connectivity index (χ0n) is 7.31. The maximum absolute atomic E-state index is 11.9. The van der Waals surface area contributed by atoms with Crippen LogP contribution in [-0.2, 0) is 6.61 Å². The van der Waals surface area contributed by atoms with Crippen LogP contribution in [0.3, 0.4) is 0 Å². The largest absolute Gasteiger partial charge is 0.573 e. The second kappa shape index (κ2) is 4.16. The molecule has 0 aliphatic carbocycles. The van der Waals surface area contributed by atoms with E-state index < -0.39 is 18.7 Å². The van der Waals surface area contributed by atoms with Crippen LogP contribution in [0.4, 0.5) is 18.9 Å². The molecule has 0 heterocycles. The van der Waals surface area contributed by atoms with E-state index in [9.17, 15) is 13.2 Å². The molecule has 0 radical (unpaired) electrons. The van der Waals surface area contributed by atoms with Gasteiger partial charge in [0.05, 0.1) is 12.3 Å². The van der Waals surface area contributed by atoms with Gasteiger partial charge in [-0.2, -0.15) is 0 Å². The molecule has 1 rings (SSSR count). The van der Waals surface area contributed by atoms with Gasteiger partial charge in [-0.3, -0.25) is 0 Å². The lowest BCUT2D eigenvalue weighted by molar-refractivity contribution is -0.274. The number of rotatable bonds is 2. The zero-order valence-corrected chi connectivity index (χ0v) is 8.06. The minimum Gasteiger partial charge on any atom is -0.404 e. The third kappa shape index (κ3) is 3.17. The molecule has 15 heavy (non-hydrogen) atoms. The smallest absolute Gasteiger partial charge is 0.404 e. The van der Waals surface area contributed by atoms with Gasteiger partial charge in [0.25, 0.3) is 0 Å². The first-order valence-corrected chi connectivity index (χ1v) is 4.16. The highest BCUT2D eigenvalue weighted by molar-refractivity contribution is 6.31. The Bertz CT molecular complexity index is 368. The van der Waals surface area contributed by atoms with Gasteiger partial charge in [0.15, 0.2) is 5.75 Å². The number of benzene rings is 1. The number of aliphatic hydroxyl groups is 1. The van der Waals surface area contributed by atoms with Crippen molar-refractivity contribution < 1.29 is 23.0 Å². The minimum absolute atomic E-state index is 0.0362. The van der Waals surface area contributed by atoms with Crippen molar-refractivity contribution in [1.29, 1.82) is 0 Å². The number of halogens is 4. The van der Waals surface area contributed by atoms with Crippen LogP contribution in [0.5, 0.6) is 5.75 Å². The van der Waals surface area contributed by atoms with Gasteiger partial charge in [0.1, 0.15) is 0 Å². The lowest BCUT2D eigenvalue weighted by Gasteiger charge is -2.12. The first-order valence-electron chi connectivity index (χ1n) is 3.78. The average molecular weight is 242 g/mol. The summed E-state index contributed by atoms with van der Waals surface area (Å²) in [5.74, 6) is -0.579. The fraction of sp³-hybridized carbons (Fsp3) is 0.250. The fourth-order valence-electron chi connectivity index (χ4n) is 0.953. The van der Waals surface area contributed by atoms with Crippen LogP contribution in [-0.4, -0.2) is 11.5 Å². The van der Waals surface area contributed by atoms with Gasteiger partial charge in [-0.25, -0.2) is 0 Å². The minimum atomic E-state index is -4.82. The van der Waals surface area contributed by atoms with Crippen molar-refractivity contribution in [2.24, 2.45) is 0 Å². The normalized spacial score (nSPS) is 11.5. The standard InChI is InChI=1S/C8H7ClF3NO2/c9-5-2-7(15-8(10,11)12)6(13)1-4(5)3-14/h1-2,14H,3,13H2. The van der Waals surface area contributed by atoms with E-state index in [-0.39, 0.29) is 16.3 Å². The molecular weight excluding hydrogens is 235 g/mol. The van der Waals surface area contributed by atoms with Crippen LogP contribution in [0, 0.1) is 0 Å². The average Bonchev–Trinajstić information content (AvgIpc) is 2.08. The Kier molecular flexibility index (Phi) is 3.31. The molecule has 3 N–H and O–H groups in total. The zero-order chi connectivity index (χ0) is 11.6. The van der Waals surface area contributed by atoms with Gasteiger partial charge < -0.3 is 15.6 Å². The Hall–Kier alpha value is -1.14. The number of anilines is 1. The lowest BCUT2D eigenvalue weighted by atomic mass is 10.2. The molecule has 0 aromatic heterocycles. The summed E-state index contributed by atoms with van der Waals surface area (Å²) in [5, 5.41) is 8.73. The van der Waals surface area contributed by atoms with E-state index in [0.717, 1.165) is 12.1 Å². The number of nitrogen functional groups attached to an aromatic ring is 1. The van der Waals surface area contributed by atoms with Crippen molar-refractivity contribution in [3.63, 3.8) is 0 Å². The first-order chi connectivity index (χ1) is 6.83. The van der Waals surface area contributed by atoms with Crippen molar-refractivity contribution in [2.45, 2.75) is 13.0 Å². The maximum atomic E-state index is 11.9. The molecule has 0 saturated carbocycles. The van der Waals surface area contributed by atoms with E-state index in [4.69, 9.17) is 22.4 Å². The molecule has 0 atom stereocenters. The number of hydrogen-bond acceptors (Lipinski definition) is 3. The molecule has 0 saturated heterocycles. The highest BCUT2D eigenvalue weighted by atomic mass is 35.5. The summed E-state index contributed by atoms with van der Waals surface area (Å²) >= 11 is 5.57. The van der Waals surface area contributed by atoms with Crippen LogP contribution >= 0.6 is 11.6 Å². The molecule has 84 valence electrons. The van der Waals surface area contributed by atoms with Gasteiger partial charge in [-0.05, 0) is 11.6 Å². The van der Waals surface area contributed by atoms with Crippen LogP contribution in [0.2, 0.25) is 5.02 Å². The highest BCUT2D eigenvalue weighted by Gasteiger charge is 2.32. The number of aliphatic hydroxyl groups excluding tert-OH is 1. The molecule has 3 nitrogen and oxygen atoms in total. The van der Waals surface area contributed by atoms with Crippen LogP contribution in [0.1, 0.15) is 5.56 Å². The van der Waals surface area contributed by atoms with Gasteiger partial charge >= 0.3 is 6.36 Å². The Morgan fingerprint density at radius 2 is 2.00 bits per heavy atom. The summed E-state index contributed by atoms with van der Waals surface area (Å²) in [7, 11) is 0. The predicted octanol–water partition coefficient (Wildman–Crippen LogP) is 2.31. The number of alkyl halides is 3. The van der Waals surface area contributed by atoms with Crippen molar-refractivity contribution in [1.82, 2.24) is 0 Å². The molecule has 1 aromatic carbocycles. The van der Waals surface area contributed by atoms with Gasteiger partial charge in [0.2, 0.25) is 0 Å². The second-order valence-electron chi connectivity index (χ2n) is 2.69. The molecule has 0 fully saturated rings. The summed E-state index contributed by atoms with van der Waals surface area (Å²) in [4.78, 5) is 0.